The summed E-state index contributed by atoms with van der Waals surface area (Å²) in [6.45, 7) is 4.27. The Kier molecular flexibility index (Phi) is 10.4. The molecule has 0 radical (unpaired) electrons. The number of nitro groups is 1. The van der Waals surface area contributed by atoms with Gasteiger partial charge >= 0.3 is 0 Å². The van der Waals surface area contributed by atoms with E-state index < -0.39 is 0 Å². The zero-order valence-electron chi connectivity index (χ0n) is 15.2. The predicted molar refractivity (Wildman–Crippen MR) is 111 cm³/mol. The van der Waals surface area contributed by atoms with Crippen LogP contribution in [0.4, 0.5) is 5.69 Å². The summed E-state index contributed by atoms with van der Waals surface area (Å²) in [4.78, 5) is 17.0. The molecule has 1 aromatic rings. The van der Waals surface area contributed by atoms with Gasteiger partial charge in [0.1, 0.15) is 0 Å². The minimum Gasteiger partial charge on any atom is -0.382 e. The van der Waals surface area contributed by atoms with Gasteiger partial charge in [-0.1, -0.05) is 12.1 Å². The zero-order chi connectivity index (χ0) is 18.1. The summed E-state index contributed by atoms with van der Waals surface area (Å²) in [6, 6.07) is 6.63. The first-order valence-corrected chi connectivity index (χ1v) is 8.39. The molecule has 1 heterocycles. The Hall–Kier alpha value is -1.46. The van der Waals surface area contributed by atoms with E-state index in [9.17, 15) is 10.1 Å². The molecule has 1 N–H and O–H groups in total. The van der Waals surface area contributed by atoms with Crippen LogP contribution in [0.15, 0.2) is 29.3 Å². The van der Waals surface area contributed by atoms with Gasteiger partial charge in [-0.2, -0.15) is 0 Å². The fourth-order valence-corrected chi connectivity index (χ4v) is 2.85. The predicted octanol–water partition coefficient (Wildman–Crippen LogP) is 2.27. The van der Waals surface area contributed by atoms with E-state index in [1.165, 1.54) is 6.07 Å². The molecule has 8 nitrogen and oxygen atoms in total. The smallest absolute Gasteiger partial charge is 0.269 e. The highest BCUT2D eigenvalue weighted by Crippen LogP contribution is 2.17. The number of rotatable bonds is 8. The first-order valence-electron chi connectivity index (χ1n) is 8.39. The molecule has 0 aromatic heterocycles. The van der Waals surface area contributed by atoms with Crippen LogP contribution in [0, 0.1) is 16.0 Å². The number of ether oxygens (including phenoxy) is 2. The Morgan fingerprint density at radius 1 is 1.46 bits per heavy atom. The molecule has 9 heteroatoms. The normalized spacial score (nSPS) is 17.1. The van der Waals surface area contributed by atoms with Crippen molar-refractivity contribution in [1.82, 2.24) is 10.2 Å². The number of likely N-dealkylation sites (tertiary alicyclic amines) is 1. The molecule has 1 unspecified atom stereocenters. The van der Waals surface area contributed by atoms with E-state index in [1.807, 2.05) is 6.07 Å². The summed E-state index contributed by atoms with van der Waals surface area (Å²) in [6.07, 6.45) is 1.06. The van der Waals surface area contributed by atoms with Crippen LogP contribution >= 0.6 is 24.0 Å². The van der Waals surface area contributed by atoms with Crippen LogP contribution in [0.5, 0.6) is 0 Å². The minimum absolute atomic E-state index is 0. The topological polar surface area (TPSA) is 89.2 Å². The molecule has 1 aromatic carbocycles. The van der Waals surface area contributed by atoms with E-state index in [1.54, 1.807) is 26.3 Å². The van der Waals surface area contributed by atoms with E-state index >= 15 is 0 Å². The fraction of sp³-hybridized carbons (Fsp3) is 0.588. The number of nitrogens with one attached hydrogen (secondary N) is 1. The van der Waals surface area contributed by atoms with E-state index in [4.69, 9.17) is 9.47 Å². The lowest BCUT2D eigenvalue weighted by Gasteiger charge is -2.21. The molecule has 146 valence electrons. The van der Waals surface area contributed by atoms with Gasteiger partial charge in [-0.15, -0.1) is 24.0 Å². The summed E-state index contributed by atoms with van der Waals surface area (Å²) in [5.74, 6) is 1.29. The molecule has 0 bridgehead atoms. The van der Waals surface area contributed by atoms with Crippen LogP contribution < -0.4 is 5.32 Å². The summed E-state index contributed by atoms with van der Waals surface area (Å²) in [5.41, 5.74) is 0.956. The van der Waals surface area contributed by atoms with Crippen molar-refractivity contribution in [2.75, 3.05) is 47.1 Å². The third-order valence-electron chi connectivity index (χ3n) is 4.15. The maximum Gasteiger partial charge on any atom is 0.269 e. The Morgan fingerprint density at radius 2 is 2.27 bits per heavy atom. The highest BCUT2D eigenvalue weighted by molar-refractivity contribution is 14.0. The van der Waals surface area contributed by atoms with Gasteiger partial charge in [0, 0.05) is 51.8 Å². The maximum absolute atomic E-state index is 10.9. The van der Waals surface area contributed by atoms with Crippen LogP contribution in [-0.2, 0) is 16.0 Å². The maximum atomic E-state index is 10.9. The summed E-state index contributed by atoms with van der Waals surface area (Å²) >= 11 is 0. The largest absolute Gasteiger partial charge is 0.382 e. The Balaban J connectivity index is 0.00000338. The first kappa shape index (κ1) is 22.6. The summed E-state index contributed by atoms with van der Waals surface area (Å²) in [5, 5.41) is 14.1. The second kappa shape index (κ2) is 12.0. The Bertz CT molecular complexity index is 600. The standard InChI is InChI=1S/C17H26N4O4.HI/c1-18-17(19-11-14-4-3-5-16(10-14)21(22)23)20-7-6-15(12-20)13-25-9-8-24-2;/h3-5,10,15H,6-9,11-13H2,1-2H3,(H,18,19);1H. The van der Waals surface area contributed by atoms with E-state index in [0.29, 0.717) is 25.7 Å². The lowest BCUT2D eigenvalue weighted by Crippen LogP contribution is -2.39. The van der Waals surface area contributed by atoms with Gasteiger partial charge < -0.3 is 19.7 Å². The number of methoxy groups -OCH3 is 1. The molecule has 1 atom stereocenters. The fourth-order valence-electron chi connectivity index (χ4n) is 2.85. The Morgan fingerprint density at radius 3 is 2.96 bits per heavy atom. The number of hydrogen-bond donors (Lipinski definition) is 1. The van der Waals surface area contributed by atoms with Gasteiger partial charge in [-0.05, 0) is 12.0 Å². The van der Waals surface area contributed by atoms with Crippen molar-refractivity contribution in [2.45, 2.75) is 13.0 Å². The number of aliphatic imine (C=N–C) groups is 1. The molecule has 26 heavy (non-hydrogen) atoms. The van der Waals surface area contributed by atoms with E-state index in [-0.39, 0.29) is 34.6 Å². The van der Waals surface area contributed by atoms with Crippen LogP contribution in [0.2, 0.25) is 0 Å². The van der Waals surface area contributed by atoms with Gasteiger partial charge in [0.05, 0.1) is 24.7 Å². The van der Waals surface area contributed by atoms with Crippen LogP contribution in [0.3, 0.4) is 0 Å². The van der Waals surface area contributed by atoms with Crippen molar-refractivity contribution in [3.05, 3.63) is 39.9 Å². The van der Waals surface area contributed by atoms with Gasteiger partial charge in [0.15, 0.2) is 5.96 Å². The number of guanidine groups is 1. The average molecular weight is 478 g/mol. The monoisotopic (exact) mass is 478 g/mol. The number of nitro benzene ring substituents is 1. The highest BCUT2D eigenvalue weighted by atomic mass is 127. The van der Waals surface area contributed by atoms with Crippen LogP contribution in [0.1, 0.15) is 12.0 Å². The number of benzene rings is 1. The van der Waals surface area contributed by atoms with Crippen LogP contribution in [0.25, 0.3) is 0 Å². The number of halogens is 1. The average Bonchev–Trinajstić information content (AvgIpc) is 3.08. The molecule has 0 aliphatic carbocycles. The van der Waals surface area contributed by atoms with Gasteiger partial charge in [-0.25, -0.2) is 0 Å². The second-order valence-electron chi connectivity index (χ2n) is 6.00. The summed E-state index contributed by atoms with van der Waals surface area (Å²) in [7, 11) is 3.41. The van der Waals surface area contributed by atoms with Crippen molar-refractivity contribution < 1.29 is 14.4 Å². The van der Waals surface area contributed by atoms with Crippen molar-refractivity contribution >= 4 is 35.6 Å². The van der Waals surface area contributed by atoms with Crippen molar-refractivity contribution in [1.29, 1.82) is 0 Å². The van der Waals surface area contributed by atoms with E-state index in [0.717, 1.165) is 37.6 Å². The molecule has 0 spiro atoms. The van der Waals surface area contributed by atoms with Crippen molar-refractivity contribution in [2.24, 2.45) is 10.9 Å². The van der Waals surface area contributed by atoms with E-state index in [2.05, 4.69) is 15.2 Å². The van der Waals surface area contributed by atoms with Crippen molar-refractivity contribution in [3.63, 3.8) is 0 Å². The minimum atomic E-state index is -0.382. The lowest BCUT2D eigenvalue weighted by atomic mass is 10.1. The molecule has 0 amide bonds. The quantitative estimate of drug-likeness (QED) is 0.154. The van der Waals surface area contributed by atoms with Gasteiger partial charge in [0.25, 0.3) is 5.69 Å². The molecule has 1 aliphatic rings. The SMILES string of the molecule is CN=C(NCc1cccc([N+](=O)[O-])c1)N1CCC(COCCOC)C1.I. The van der Waals surface area contributed by atoms with Gasteiger partial charge in [-0.3, -0.25) is 15.1 Å². The highest BCUT2D eigenvalue weighted by Gasteiger charge is 2.24. The number of non-ortho nitro benzene ring substituents is 1. The van der Waals surface area contributed by atoms with Crippen molar-refractivity contribution in [3.8, 4) is 0 Å². The molecule has 1 saturated heterocycles. The lowest BCUT2D eigenvalue weighted by molar-refractivity contribution is -0.384. The molecular weight excluding hydrogens is 451 g/mol. The molecular formula is C17H27IN4O4. The second-order valence-corrected chi connectivity index (χ2v) is 6.00. The molecule has 1 aliphatic heterocycles. The Labute approximate surface area is 171 Å². The molecule has 2 rings (SSSR count). The third kappa shape index (κ3) is 7.04. The molecule has 1 fully saturated rings. The number of hydrogen-bond acceptors (Lipinski definition) is 5. The first-order chi connectivity index (χ1) is 12.1. The van der Waals surface area contributed by atoms with Gasteiger partial charge in [0.2, 0.25) is 0 Å². The zero-order valence-corrected chi connectivity index (χ0v) is 17.5. The summed E-state index contributed by atoms with van der Waals surface area (Å²) < 4.78 is 10.6. The number of nitrogens with zero attached hydrogens (tertiary/aromatic N) is 3. The third-order valence-corrected chi connectivity index (χ3v) is 4.15. The van der Waals surface area contributed by atoms with Crippen LogP contribution in [-0.4, -0.2) is 62.9 Å². The molecule has 0 saturated carbocycles.